The van der Waals surface area contributed by atoms with Gasteiger partial charge < -0.3 is 15.5 Å². The summed E-state index contributed by atoms with van der Waals surface area (Å²) in [5.41, 5.74) is -0.579. The Balaban J connectivity index is 2.51. The van der Waals surface area contributed by atoms with Gasteiger partial charge >= 0.3 is 5.97 Å². The smallest absolute Gasteiger partial charge is 0.312 e. The Bertz CT molecular complexity index is 246. The van der Waals surface area contributed by atoms with Crippen molar-refractivity contribution in [2.75, 3.05) is 6.61 Å². The van der Waals surface area contributed by atoms with E-state index >= 15 is 0 Å². The number of carbonyl (C=O) groups excluding carboxylic acids is 1. The zero-order valence-corrected chi connectivity index (χ0v) is 8.66. The van der Waals surface area contributed by atoms with E-state index in [2.05, 4.69) is 5.32 Å². The lowest BCUT2D eigenvalue weighted by molar-refractivity contribution is -0.141. The van der Waals surface area contributed by atoms with Gasteiger partial charge in [-0.1, -0.05) is 19.3 Å². The zero-order valence-electron chi connectivity index (χ0n) is 8.66. The molecule has 0 aliphatic heterocycles. The molecule has 5 nitrogen and oxygen atoms in total. The molecule has 0 spiro atoms. The molecule has 1 rings (SSSR count). The van der Waals surface area contributed by atoms with E-state index in [9.17, 15) is 14.7 Å². The van der Waals surface area contributed by atoms with Crippen LogP contribution in [0.3, 0.4) is 0 Å². The fourth-order valence-electron chi connectivity index (χ4n) is 2.03. The van der Waals surface area contributed by atoms with Crippen molar-refractivity contribution in [3.05, 3.63) is 0 Å². The van der Waals surface area contributed by atoms with Crippen LogP contribution in [0.5, 0.6) is 0 Å². The molecule has 1 fully saturated rings. The van der Waals surface area contributed by atoms with Crippen molar-refractivity contribution in [3.63, 3.8) is 0 Å². The third-order valence-corrected chi connectivity index (χ3v) is 2.83. The lowest BCUT2D eigenvalue weighted by Crippen LogP contribution is -2.52. The first kappa shape index (κ1) is 12.0. The van der Waals surface area contributed by atoms with Crippen molar-refractivity contribution < 1.29 is 19.8 Å². The number of aliphatic hydroxyl groups is 1. The molecule has 1 amide bonds. The standard InChI is InChI=1S/C10H17NO4/c12-7-10(4-2-1-3-5-10)11-8(13)6-9(14)15/h12H,1-7H2,(H,11,13)(H,14,15). The second-order valence-corrected chi connectivity index (χ2v) is 4.12. The summed E-state index contributed by atoms with van der Waals surface area (Å²) < 4.78 is 0. The van der Waals surface area contributed by atoms with E-state index in [1.54, 1.807) is 0 Å². The predicted molar refractivity (Wildman–Crippen MR) is 53.3 cm³/mol. The second kappa shape index (κ2) is 5.11. The molecule has 0 aromatic heterocycles. The van der Waals surface area contributed by atoms with Crippen LogP contribution in [0.25, 0.3) is 0 Å². The summed E-state index contributed by atoms with van der Waals surface area (Å²) >= 11 is 0. The summed E-state index contributed by atoms with van der Waals surface area (Å²) in [6.07, 6.45) is 3.98. The molecule has 0 aromatic rings. The molecular formula is C10H17NO4. The first-order chi connectivity index (χ1) is 7.08. The average Bonchev–Trinajstić information content (AvgIpc) is 2.17. The number of carboxylic acid groups (broad SMARTS) is 1. The topological polar surface area (TPSA) is 86.6 Å². The molecule has 1 aliphatic rings. The highest BCUT2D eigenvalue weighted by molar-refractivity contribution is 5.93. The molecular weight excluding hydrogens is 198 g/mol. The van der Waals surface area contributed by atoms with Crippen LogP contribution in [0.1, 0.15) is 38.5 Å². The number of carboxylic acids is 1. The molecule has 0 heterocycles. The maximum Gasteiger partial charge on any atom is 0.312 e. The van der Waals surface area contributed by atoms with E-state index in [-0.39, 0.29) is 6.61 Å². The minimum absolute atomic E-state index is 0.113. The number of amides is 1. The van der Waals surface area contributed by atoms with Gasteiger partial charge in [0.2, 0.25) is 5.91 Å². The third kappa shape index (κ3) is 3.51. The van der Waals surface area contributed by atoms with Gasteiger partial charge in [-0.2, -0.15) is 0 Å². The molecule has 0 bridgehead atoms. The predicted octanol–water partition coefficient (Wildman–Crippen LogP) is 0.272. The Hall–Kier alpha value is -1.10. The van der Waals surface area contributed by atoms with Gasteiger partial charge in [0.05, 0.1) is 12.1 Å². The van der Waals surface area contributed by atoms with Gasteiger partial charge in [-0.25, -0.2) is 0 Å². The fraction of sp³-hybridized carbons (Fsp3) is 0.800. The van der Waals surface area contributed by atoms with Gasteiger partial charge in [-0.15, -0.1) is 0 Å². The highest BCUT2D eigenvalue weighted by Gasteiger charge is 2.33. The average molecular weight is 215 g/mol. The summed E-state index contributed by atoms with van der Waals surface area (Å²) in [5, 5.41) is 20.4. The first-order valence-corrected chi connectivity index (χ1v) is 5.22. The number of nitrogens with one attached hydrogen (secondary N) is 1. The Morgan fingerprint density at radius 1 is 1.20 bits per heavy atom. The summed E-state index contributed by atoms with van der Waals surface area (Å²) in [7, 11) is 0. The van der Waals surface area contributed by atoms with Gasteiger partial charge in [0, 0.05) is 0 Å². The van der Waals surface area contributed by atoms with Crippen LogP contribution in [-0.4, -0.2) is 34.2 Å². The van der Waals surface area contributed by atoms with Gasteiger partial charge in [-0.05, 0) is 12.8 Å². The van der Waals surface area contributed by atoms with Crippen molar-refractivity contribution in [1.82, 2.24) is 5.32 Å². The van der Waals surface area contributed by atoms with Crippen molar-refractivity contribution in [2.45, 2.75) is 44.1 Å². The normalized spacial score (nSPS) is 19.5. The van der Waals surface area contributed by atoms with Crippen LogP contribution in [0.4, 0.5) is 0 Å². The molecule has 1 aliphatic carbocycles. The summed E-state index contributed by atoms with van der Waals surface area (Å²) in [6, 6.07) is 0. The van der Waals surface area contributed by atoms with Crippen LogP contribution in [0.2, 0.25) is 0 Å². The van der Waals surface area contributed by atoms with Gasteiger partial charge in [0.25, 0.3) is 0 Å². The van der Waals surface area contributed by atoms with Crippen LogP contribution in [0.15, 0.2) is 0 Å². The number of rotatable bonds is 4. The van der Waals surface area contributed by atoms with Crippen LogP contribution >= 0.6 is 0 Å². The van der Waals surface area contributed by atoms with E-state index in [1.165, 1.54) is 0 Å². The molecule has 0 atom stereocenters. The number of carbonyl (C=O) groups is 2. The molecule has 1 saturated carbocycles. The Kier molecular flexibility index (Phi) is 4.08. The number of aliphatic hydroxyl groups excluding tert-OH is 1. The Morgan fingerprint density at radius 3 is 2.27 bits per heavy atom. The quantitative estimate of drug-likeness (QED) is 0.587. The van der Waals surface area contributed by atoms with E-state index in [0.717, 1.165) is 32.1 Å². The van der Waals surface area contributed by atoms with Gasteiger partial charge in [0.1, 0.15) is 6.42 Å². The third-order valence-electron chi connectivity index (χ3n) is 2.83. The van der Waals surface area contributed by atoms with Crippen molar-refractivity contribution >= 4 is 11.9 Å². The number of aliphatic carboxylic acids is 1. The Morgan fingerprint density at radius 2 is 1.80 bits per heavy atom. The lowest BCUT2D eigenvalue weighted by Gasteiger charge is -2.36. The largest absolute Gasteiger partial charge is 0.481 e. The first-order valence-electron chi connectivity index (χ1n) is 5.22. The summed E-state index contributed by atoms with van der Waals surface area (Å²) in [4.78, 5) is 21.6. The van der Waals surface area contributed by atoms with Crippen LogP contribution in [0, 0.1) is 0 Å². The molecule has 15 heavy (non-hydrogen) atoms. The van der Waals surface area contributed by atoms with Gasteiger partial charge in [-0.3, -0.25) is 9.59 Å². The molecule has 0 unspecified atom stereocenters. The molecule has 3 N–H and O–H groups in total. The van der Waals surface area contributed by atoms with E-state index in [0.29, 0.717) is 0 Å². The highest BCUT2D eigenvalue weighted by atomic mass is 16.4. The van der Waals surface area contributed by atoms with Gasteiger partial charge in [0.15, 0.2) is 0 Å². The highest BCUT2D eigenvalue weighted by Crippen LogP contribution is 2.27. The van der Waals surface area contributed by atoms with Crippen molar-refractivity contribution in [2.24, 2.45) is 0 Å². The van der Waals surface area contributed by atoms with Crippen molar-refractivity contribution in [1.29, 1.82) is 0 Å². The number of hydrogen-bond donors (Lipinski definition) is 3. The van der Waals surface area contributed by atoms with E-state index < -0.39 is 23.8 Å². The SMILES string of the molecule is O=C(O)CC(=O)NC1(CO)CCCCC1. The molecule has 0 aromatic carbocycles. The van der Waals surface area contributed by atoms with Crippen LogP contribution in [-0.2, 0) is 9.59 Å². The minimum atomic E-state index is -1.14. The maximum absolute atomic E-state index is 11.3. The monoisotopic (exact) mass is 215 g/mol. The maximum atomic E-state index is 11.3. The molecule has 0 radical (unpaired) electrons. The second-order valence-electron chi connectivity index (χ2n) is 4.12. The van der Waals surface area contributed by atoms with Crippen molar-refractivity contribution in [3.8, 4) is 0 Å². The molecule has 86 valence electrons. The lowest BCUT2D eigenvalue weighted by atomic mass is 9.82. The van der Waals surface area contributed by atoms with E-state index in [4.69, 9.17) is 5.11 Å². The van der Waals surface area contributed by atoms with E-state index in [1.807, 2.05) is 0 Å². The zero-order chi connectivity index (χ0) is 11.3. The fourth-order valence-corrected chi connectivity index (χ4v) is 2.03. The summed E-state index contributed by atoms with van der Waals surface area (Å²) in [5.74, 6) is -1.66. The molecule has 0 saturated heterocycles. The Labute approximate surface area is 88.5 Å². The minimum Gasteiger partial charge on any atom is -0.481 e. The van der Waals surface area contributed by atoms with Crippen LogP contribution < -0.4 is 5.32 Å². The summed E-state index contributed by atoms with van der Waals surface area (Å²) in [6.45, 7) is -0.113. The molecule has 5 heteroatoms. The number of hydrogen-bond acceptors (Lipinski definition) is 3.